The Morgan fingerprint density at radius 2 is 2.06 bits per heavy atom. The van der Waals surface area contributed by atoms with Crippen LogP contribution in [0.4, 0.5) is 5.69 Å². The molecule has 0 heterocycles. The largest absolute Gasteiger partial charge is 0.465 e. The minimum atomic E-state index is -4.21. The van der Waals surface area contributed by atoms with Crippen molar-refractivity contribution in [3.8, 4) is 0 Å². The van der Waals surface area contributed by atoms with E-state index in [1.165, 1.54) is 0 Å². The summed E-state index contributed by atoms with van der Waals surface area (Å²) in [6.45, 7) is 0. The standard InChI is InChI=1S/C8H7BrN2O6S/c1-17-8(12)5-2-4(11(13)14)3-6(7(5)9)18(10,15)16/h2-3H,1H3,(H2,10,15,16). The fourth-order valence-corrected chi connectivity index (χ4v) is 2.87. The third-order valence-electron chi connectivity index (χ3n) is 1.95. The number of hydrogen-bond donors (Lipinski definition) is 1. The van der Waals surface area contributed by atoms with Crippen LogP contribution in [-0.4, -0.2) is 26.4 Å². The number of nitro groups is 1. The predicted molar refractivity (Wildman–Crippen MR) is 63.5 cm³/mol. The molecule has 0 aromatic heterocycles. The Labute approximate surface area is 110 Å². The third kappa shape index (κ3) is 2.83. The van der Waals surface area contributed by atoms with Gasteiger partial charge in [0.05, 0.1) is 22.1 Å². The quantitative estimate of drug-likeness (QED) is 0.492. The molecule has 0 amide bonds. The molecule has 0 aliphatic heterocycles. The number of nitrogens with zero attached hydrogens (tertiary/aromatic N) is 1. The molecule has 0 fully saturated rings. The second-order valence-electron chi connectivity index (χ2n) is 3.10. The summed E-state index contributed by atoms with van der Waals surface area (Å²) in [4.78, 5) is 20.6. The van der Waals surface area contributed by atoms with Crippen LogP contribution in [0.15, 0.2) is 21.5 Å². The molecule has 8 nitrogen and oxygen atoms in total. The lowest BCUT2D eigenvalue weighted by Crippen LogP contribution is -2.15. The molecule has 1 aromatic rings. The number of primary sulfonamides is 1. The number of carbonyl (C=O) groups is 1. The first-order valence-corrected chi connectivity index (χ1v) is 6.61. The number of non-ortho nitro benzene ring substituents is 1. The van der Waals surface area contributed by atoms with E-state index >= 15 is 0 Å². The molecule has 1 rings (SSSR count). The molecule has 0 saturated carbocycles. The molecule has 0 spiro atoms. The number of sulfonamides is 1. The molecule has 0 aliphatic carbocycles. The molecule has 1 aromatic carbocycles. The zero-order valence-corrected chi connectivity index (χ0v) is 11.3. The smallest absolute Gasteiger partial charge is 0.339 e. The van der Waals surface area contributed by atoms with E-state index in [1.54, 1.807) is 0 Å². The Morgan fingerprint density at radius 1 is 1.50 bits per heavy atom. The summed E-state index contributed by atoms with van der Waals surface area (Å²) >= 11 is 2.86. The van der Waals surface area contributed by atoms with Crippen LogP contribution in [0.2, 0.25) is 0 Å². The molecule has 2 N–H and O–H groups in total. The second-order valence-corrected chi connectivity index (χ2v) is 5.42. The van der Waals surface area contributed by atoms with Crippen LogP contribution in [0.25, 0.3) is 0 Å². The number of nitrogens with two attached hydrogens (primary N) is 1. The van der Waals surface area contributed by atoms with Crippen LogP contribution in [0.3, 0.4) is 0 Å². The lowest BCUT2D eigenvalue weighted by molar-refractivity contribution is -0.385. The summed E-state index contributed by atoms with van der Waals surface area (Å²) in [5, 5.41) is 15.6. The zero-order chi connectivity index (χ0) is 14.1. The van der Waals surface area contributed by atoms with Crippen molar-refractivity contribution in [1.82, 2.24) is 0 Å². The highest BCUT2D eigenvalue weighted by molar-refractivity contribution is 9.10. The minimum absolute atomic E-state index is 0.178. The van der Waals surface area contributed by atoms with Crippen molar-refractivity contribution in [2.24, 2.45) is 5.14 Å². The molecule has 0 radical (unpaired) electrons. The first-order chi connectivity index (χ1) is 8.18. The molecule has 0 aliphatic rings. The molecule has 18 heavy (non-hydrogen) atoms. The Morgan fingerprint density at radius 3 is 2.44 bits per heavy atom. The van der Waals surface area contributed by atoms with Gasteiger partial charge >= 0.3 is 5.97 Å². The van der Waals surface area contributed by atoms with Crippen LogP contribution >= 0.6 is 15.9 Å². The Kier molecular flexibility index (Phi) is 4.04. The number of hydrogen-bond acceptors (Lipinski definition) is 6. The SMILES string of the molecule is COC(=O)c1cc([N+](=O)[O-])cc(S(N)(=O)=O)c1Br. The summed E-state index contributed by atoms with van der Waals surface area (Å²) in [6.07, 6.45) is 0. The van der Waals surface area contributed by atoms with E-state index in [2.05, 4.69) is 20.7 Å². The van der Waals surface area contributed by atoms with E-state index in [9.17, 15) is 23.3 Å². The van der Waals surface area contributed by atoms with Crippen molar-refractivity contribution in [2.45, 2.75) is 4.90 Å². The van der Waals surface area contributed by atoms with E-state index in [-0.39, 0.29) is 10.0 Å². The molecule has 0 atom stereocenters. The van der Waals surface area contributed by atoms with Crippen LogP contribution in [0.5, 0.6) is 0 Å². The van der Waals surface area contributed by atoms with Gasteiger partial charge in [-0.3, -0.25) is 10.1 Å². The molecule has 10 heteroatoms. The highest BCUT2D eigenvalue weighted by Gasteiger charge is 2.25. The highest BCUT2D eigenvalue weighted by Crippen LogP contribution is 2.30. The Balaban J connectivity index is 3.69. The van der Waals surface area contributed by atoms with Gasteiger partial charge in [-0.1, -0.05) is 0 Å². The van der Waals surface area contributed by atoms with Gasteiger partial charge < -0.3 is 4.74 Å². The number of ether oxygens (including phenoxy) is 1. The highest BCUT2D eigenvalue weighted by atomic mass is 79.9. The Hall–Kier alpha value is -1.52. The summed E-state index contributed by atoms with van der Waals surface area (Å²) in [6, 6.07) is 1.65. The van der Waals surface area contributed by atoms with Crippen molar-refractivity contribution in [3.63, 3.8) is 0 Å². The van der Waals surface area contributed by atoms with Gasteiger partial charge in [0.2, 0.25) is 10.0 Å². The number of carbonyl (C=O) groups excluding carboxylic acids is 1. The maximum atomic E-state index is 11.4. The van der Waals surface area contributed by atoms with E-state index in [0.29, 0.717) is 0 Å². The maximum Gasteiger partial charge on any atom is 0.339 e. The average Bonchev–Trinajstić information content (AvgIpc) is 2.26. The van der Waals surface area contributed by atoms with Gasteiger partial charge in [-0.25, -0.2) is 18.4 Å². The normalized spacial score (nSPS) is 11.1. The number of nitro benzene ring substituents is 1. The second kappa shape index (κ2) is 5.00. The molecule has 0 unspecified atom stereocenters. The van der Waals surface area contributed by atoms with Gasteiger partial charge in [-0.05, 0) is 15.9 Å². The van der Waals surface area contributed by atoms with Crippen molar-refractivity contribution in [1.29, 1.82) is 0 Å². The first kappa shape index (κ1) is 14.5. The summed E-state index contributed by atoms with van der Waals surface area (Å²) < 4.78 is 26.7. The van der Waals surface area contributed by atoms with Gasteiger partial charge in [0, 0.05) is 12.1 Å². The number of methoxy groups -OCH3 is 1. The van der Waals surface area contributed by atoms with E-state index in [1.807, 2.05) is 0 Å². The third-order valence-corrected chi connectivity index (χ3v) is 4.00. The molecule has 98 valence electrons. The number of esters is 1. The lowest BCUT2D eigenvalue weighted by atomic mass is 10.2. The van der Waals surface area contributed by atoms with Gasteiger partial charge in [0.1, 0.15) is 4.90 Å². The van der Waals surface area contributed by atoms with Crippen LogP contribution in [-0.2, 0) is 14.8 Å². The maximum absolute atomic E-state index is 11.4. The van der Waals surface area contributed by atoms with Crippen LogP contribution < -0.4 is 5.14 Å². The number of benzene rings is 1. The van der Waals surface area contributed by atoms with Crippen molar-refractivity contribution < 1.29 is 22.9 Å². The van der Waals surface area contributed by atoms with Crippen molar-refractivity contribution in [2.75, 3.05) is 7.11 Å². The van der Waals surface area contributed by atoms with Crippen LogP contribution in [0.1, 0.15) is 10.4 Å². The molecular weight excluding hydrogens is 332 g/mol. The summed E-state index contributed by atoms with van der Waals surface area (Å²) in [5.41, 5.74) is -0.877. The number of halogens is 1. The summed E-state index contributed by atoms with van der Waals surface area (Å²) in [5.74, 6) is -0.921. The van der Waals surface area contributed by atoms with Crippen molar-refractivity contribution in [3.05, 3.63) is 32.3 Å². The minimum Gasteiger partial charge on any atom is -0.465 e. The van der Waals surface area contributed by atoms with E-state index in [0.717, 1.165) is 19.2 Å². The fourth-order valence-electron chi connectivity index (χ4n) is 1.15. The Bertz CT molecular complexity index is 627. The van der Waals surface area contributed by atoms with Crippen LogP contribution in [0, 0.1) is 10.1 Å². The molecular formula is C8H7BrN2O6S. The van der Waals surface area contributed by atoms with Crippen molar-refractivity contribution >= 4 is 37.6 Å². The van der Waals surface area contributed by atoms with E-state index < -0.39 is 31.5 Å². The zero-order valence-electron chi connectivity index (χ0n) is 8.91. The first-order valence-electron chi connectivity index (χ1n) is 4.27. The lowest BCUT2D eigenvalue weighted by Gasteiger charge is -2.07. The fraction of sp³-hybridized carbons (Fsp3) is 0.125. The monoisotopic (exact) mass is 338 g/mol. The van der Waals surface area contributed by atoms with Gasteiger partial charge in [0.25, 0.3) is 5.69 Å². The summed E-state index contributed by atoms with van der Waals surface area (Å²) in [7, 11) is -3.15. The van der Waals surface area contributed by atoms with Gasteiger partial charge in [-0.15, -0.1) is 0 Å². The van der Waals surface area contributed by atoms with E-state index in [4.69, 9.17) is 5.14 Å². The van der Waals surface area contributed by atoms with Gasteiger partial charge in [-0.2, -0.15) is 0 Å². The number of rotatable bonds is 3. The predicted octanol–water partition coefficient (Wildman–Crippen LogP) is 0.791. The topological polar surface area (TPSA) is 130 Å². The van der Waals surface area contributed by atoms with Gasteiger partial charge in [0.15, 0.2) is 0 Å². The average molecular weight is 339 g/mol. The molecule has 0 bridgehead atoms. The molecule has 0 saturated heterocycles.